The van der Waals surface area contributed by atoms with E-state index >= 15 is 0 Å². The Hall–Kier alpha value is -1.19. The molecule has 0 saturated heterocycles. The first-order valence-corrected chi connectivity index (χ1v) is 2.93. The molecule has 0 aliphatic carbocycles. The van der Waals surface area contributed by atoms with Crippen molar-refractivity contribution in [3.8, 4) is 0 Å². The van der Waals surface area contributed by atoms with Gasteiger partial charge in [0.2, 0.25) is 0 Å². The molecule has 0 bridgehead atoms. The number of nitrogens with zero attached hydrogens (tertiary/aromatic N) is 1. The Kier molecular flexibility index (Phi) is 2.73. The molecule has 4 N–H and O–H groups in total. The standard InChI is InChI=1S/C6H13N4/c1-4(5(2)7)6(8)10(3)9/h8-9H,7H2,1-3H3/q-1. The molecule has 0 heterocycles. The van der Waals surface area contributed by atoms with E-state index in [9.17, 15) is 0 Å². The number of amidine groups is 1. The molecule has 0 aliphatic heterocycles. The third-order valence-electron chi connectivity index (χ3n) is 1.28. The Bertz CT molecular complexity index is 160. The van der Waals surface area contributed by atoms with Gasteiger partial charge in [-0.05, 0) is 20.9 Å². The highest BCUT2D eigenvalue weighted by atomic mass is 15.3. The van der Waals surface area contributed by atoms with Crippen molar-refractivity contribution in [2.45, 2.75) is 13.8 Å². The van der Waals surface area contributed by atoms with Gasteiger partial charge in [0.15, 0.2) is 0 Å². The number of hydrogen-bond acceptors (Lipinski definition) is 1. The normalized spacial score (nSPS) is 15.9. The molecule has 0 aromatic heterocycles. The molecular weight excluding hydrogens is 128 g/mol. The molecule has 0 radical (unpaired) electrons. The molecule has 0 atom stereocenters. The first-order valence-electron chi connectivity index (χ1n) is 2.93. The number of nitrogens with one attached hydrogen (secondary N) is 2. The van der Waals surface area contributed by atoms with Crippen LogP contribution in [0, 0.1) is 0 Å². The summed E-state index contributed by atoms with van der Waals surface area (Å²) in [5.41, 5.74) is 13.9. The van der Waals surface area contributed by atoms with Crippen LogP contribution in [0.3, 0.4) is 0 Å². The fourth-order valence-electron chi connectivity index (χ4n) is 0.438. The summed E-state index contributed by atoms with van der Waals surface area (Å²) in [7, 11) is 1.49. The maximum Gasteiger partial charge on any atom is 0.111 e. The zero-order valence-electron chi connectivity index (χ0n) is 6.52. The molecule has 0 amide bonds. The van der Waals surface area contributed by atoms with Crippen molar-refractivity contribution in [2.24, 2.45) is 5.73 Å². The summed E-state index contributed by atoms with van der Waals surface area (Å²) in [4.78, 5) is 0. The van der Waals surface area contributed by atoms with E-state index in [0.29, 0.717) is 11.3 Å². The van der Waals surface area contributed by atoms with E-state index in [4.69, 9.17) is 17.3 Å². The molecule has 0 aliphatic rings. The van der Waals surface area contributed by atoms with Crippen LogP contribution >= 0.6 is 0 Å². The Labute approximate surface area is 61.0 Å². The van der Waals surface area contributed by atoms with Gasteiger partial charge >= 0.3 is 0 Å². The molecule has 0 saturated carbocycles. The van der Waals surface area contributed by atoms with Crippen LogP contribution in [0.25, 0.3) is 11.6 Å². The van der Waals surface area contributed by atoms with Crippen molar-refractivity contribution in [1.29, 1.82) is 0 Å². The highest BCUT2D eigenvalue weighted by molar-refractivity contribution is 6.00. The minimum atomic E-state index is 0.139. The van der Waals surface area contributed by atoms with Crippen LogP contribution in [0.2, 0.25) is 0 Å². The third-order valence-corrected chi connectivity index (χ3v) is 1.28. The summed E-state index contributed by atoms with van der Waals surface area (Å²) in [5, 5.41) is 0. The predicted octanol–water partition coefficient (Wildman–Crippen LogP) is 1.30. The van der Waals surface area contributed by atoms with Gasteiger partial charge in [0, 0.05) is 11.3 Å². The smallest absolute Gasteiger partial charge is 0.111 e. The van der Waals surface area contributed by atoms with Crippen molar-refractivity contribution >= 4 is 5.84 Å². The second kappa shape index (κ2) is 3.10. The predicted molar refractivity (Wildman–Crippen MR) is 42.4 cm³/mol. The van der Waals surface area contributed by atoms with Gasteiger partial charge in [0.05, 0.1) is 0 Å². The third kappa shape index (κ3) is 1.97. The summed E-state index contributed by atoms with van der Waals surface area (Å²) < 4.78 is 0.978. The van der Waals surface area contributed by atoms with Crippen molar-refractivity contribution in [2.75, 3.05) is 7.05 Å². The first-order chi connectivity index (χ1) is 4.46. The molecule has 0 spiro atoms. The Balaban J connectivity index is 4.71. The molecule has 58 valence electrons. The van der Waals surface area contributed by atoms with Crippen LogP contribution in [0.5, 0.6) is 0 Å². The van der Waals surface area contributed by atoms with Crippen LogP contribution in [-0.2, 0) is 0 Å². The van der Waals surface area contributed by atoms with Gasteiger partial charge in [-0.3, -0.25) is 5.73 Å². The number of allylic oxidation sites excluding steroid dienone is 1. The van der Waals surface area contributed by atoms with Crippen molar-refractivity contribution in [3.05, 3.63) is 22.8 Å². The lowest BCUT2D eigenvalue weighted by Crippen LogP contribution is -2.10. The van der Waals surface area contributed by atoms with Crippen molar-refractivity contribution in [3.63, 3.8) is 0 Å². The minimum absolute atomic E-state index is 0.139. The number of nitrogens with two attached hydrogens (primary N) is 1. The summed E-state index contributed by atoms with van der Waals surface area (Å²) in [6.07, 6.45) is 0. The highest BCUT2D eigenvalue weighted by Gasteiger charge is 1.96. The van der Waals surface area contributed by atoms with Crippen LogP contribution in [0.4, 0.5) is 0 Å². The van der Waals surface area contributed by atoms with Gasteiger partial charge in [0.1, 0.15) is 5.84 Å². The van der Waals surface area contributed by atoms with Gasteiger partial charge in [-0.15, -0.1) is 0 Å². The zero-order chi connectivity index (χ0) is 8.31. The fraction of sp³-hybridized carbons (Fsp3) is 0.500. The monoisotopic (exact) mass is 141 g/mol. The van der Waals surface area contributed by atoms with E-state index in [1.165, 1.54) is 7.05 Å². The quantitative estimate of drug-likeness (QED) is 0.254. The summed E-state index contributed by atoms with van der Waals surface area (Å²) in [6, 6.07) is 0. The molecule has 0 aromatic rings. The van der Waals surface area contributed by atoms with E-state index in [-0.39, 0.29) is 5.84 Å². The van der Waals surface area contributed by atoms with E-state index in [1.807, 2.05) is 0 Å². The number of hydrogen-bond donors (Lipinski definition) is 1. The second-order valence-corrected chi connectivity index (χ2v) is 2.22. The lowest BCUT2D eigenvalue weighted by atomic mass is 10.2. The molecule has 10 heavy (non-hydrogen) atoms. The van der Waals surface area contributed by atoms with Crippen LogP contribution in [0.1, 0.15) is 13.8 Å². The van der Waals surface area contributed by atoms with Crippen LogP contribution in [0.15, 0.2) is 11.3 Å². The molecule has 4 nitrogen and oxygen atoms in total. The topological polar surface area (TPSA) is 76.6 Å². The Morgan fingerprint density at radius 2 is 1.80 bits per heavy atom. The molecular formula is C6H13N4-. The van der Waals surface area contributed by atoms with Crippen molar-refractivity contribution in [1.82, 2.24) is 0 Å². The van der Waals surface area contributed by atoms with E-state index < -0.39 is 0 Å². The van der Waals surface area contributed by atoms with Gasteiger partial charge in [0.25, 0.3) is 0 Å². The average Bonchev–Trinajstić information content (AvgIpc) is 1.84. The number of rotatable bonds is 1. The van der Waals surface area contributed by atoms with Gasteiger partial charge < -0.3 is 16.3 Å². The SMILES string of the molecule is CC(N)=C(C)C([NH-])=[N+](C)[NH-]. The van der Waals surface area contributed by atoms with Crippen LogP contribution < -0.4 is 5.73 Å². The zero-order valence-corrected chi connectivity index (χ0v) is 6.52. The second-order valence-electron chi connectivity index (χ2n) is 2.22. The average molecular weight is 141 g/mol. The fourth-order valence-corrected chi connectivity index (χ4v) is 0.438. The van der Waals surface area contributed by atoms with Gasteiger partial charge in [-0.1, -0.05) is 0 Å². The molecule has 4 heteroatoms. The van der Waals surface area contributed by atoms with E-state index in [2.05, 4.69) is 0 Å². The first kappa shape index (κ1) is 8.81. The highest BCUT2D eigenvalue weighted by Crippen LogP contribution is 2.00. The Morgan fingerprint density at radius 1 is 1.40 bits per heavy atom. The van der Waals surface area contributed by atoms with E-state index in [0.717, 1.165) is 4.68 Å². The van der Waals surface area contributed by atoms with E-state index in [1.54, 1.807) is 13.8 Å². The van der Waals surface area contributed by atoms with Gasteiger partial charge in [-0.25, -0.2) is 0 Å². The van der Waals surface area contributed by atoms with Gasteiger partial charge in [-0.2, -0.15) is 0 Å². The maximum absolute atomic E-state index is 7.28. The largest absolute Gasteiger partial charge is 0.635 e. The summed E-state index contributed by atoms with van der Waals surface area (Å²) in [5.74, 6) is 7.17. The summed E-state index contributed by atoms with van der Waals surface area (Å²) in [6.45, 7) is 3.44. The summed E-state index contributed by atoms with van der Waals surface area (Å²) >= 11 is 0. The molecule has 0 aromatic carbocycles. The molecule has 0 fully saturated rings. The lowest BCUT2D eigenvalue weighted by Gasteiger charge is -2.14. The van der Waals surface area contributed by atoms with Crippen molar-refractivity contribution < 1.29 is 4.68 Å². The molecule has 0 rings (SSSR count). The minimum Gasteiger partial charge on any atom is -0.635 e. The van der Waals surface area contributed by atoms with Crippen LogP contribution in [-0.4, -0.2) is 17.6 Å². The maximum atomic E-state index is 7.28. The lowest BCUT2D eigenvalue weighted by molar-refractivity contribution is -0.421. The molecule has 0 unspecified atom stereocenters. The Morgan fingerprint density at radius 3 is 1.90 bits per heavy atom.